The van der Waals surface area contributed by atoms with Crippen LogP contribution in [-0.4, -0.2) is 10.2 Å². The first-order valence-electron chi connectivity index (χ1n) is 5.45. The lowest BCUT2D eigenvalue weighted by atomic mass is 9.98. The molecule has 0 aliphatic rings. The Kier molecular flexibility index (Phi) is 3.69. The molecule has 0 fully saturated rings. The van der Waals surface area contributed by atoms with Crippen molar-refractivity contribution in [2.75, 3.05) is 0 Å². The zero-order valence-electron chi connectivity index (χ0n) is 9.42. The highest BCUT2D eigenvalue weighted by Gasteiger charge is 2.20. The molecule has 2 nitrogen and oxygen atoms in total. The molecule has 2 rings (SSSR count). The van der Waals surface area contributed by atoms with Gasteiger partial charge in [-0.15, -0.1) is 0 Å². The Labute approximate surface area is 103 Å². The molecule has 18 heavy (non-hydrogen) atoms. The number of halogens is 2. The summed E-state index contributed by atoms with van der Waals surface area (Å²) in [5, 5.41) is 19.9. The molecule has 0 bridgehead atoms. The van der Waals surface area contributed by atoms with E-state index in [0.717, 1.165) is 0 Å². The summed E-state index contributed by atoms with van der Waals surface area (Å²) in [5.41, 5.74) is 0.793. The van der Waals surface area contributed by atoms with Gasteiger partial charge >= 0.3 is 0 Å². The topological polar surface area (TPSA) is 40.5 Å². The summed E-state index contributed by atoms with van der Waals surface area (Å²) in [6.45, 7) is 0. The van der Waals surface area contributed by atoms with Gasteiger partial charge in [0.15, 0.2) is 0 Å². The Morgan fingerprint density at radius 3 is 1.17 bits per heavy atom. The Morgan fingerprint density at radius 1 is 0.611 bits per heavy atom. The van der Waals surface area contributed by atoms with Gasteiger partial charge < -0.3 is 10.2 Å². The first-order valence-corrected chi connectivity index (χ1v) is 5.45. The van der Waals surface area contributed by atoms with Gasteiger partial charge in [0.2, 0.25) is 0 Å². The highest BCUT2D eigenvalue weighted by molar-refractivity contribution is 5.25. The summed E-state index contributed by atoms with van der Waals surface area (Å²) in [5.74, 6) is -0.829. The minimum absolute atomic E-state index is 0.397. The summed E-state index contributed by atoms with van der Waals surface area (Å²) < 4.78 is 25.5. The van der Waals surface area contributed by atoms with Crippen molar-refractivity contribution in [3.63, 3.8) is 0 Å². The smallest absolute Gasteiger partial charge is 0.123 e. The fraction of sp³-hybridized carbons (Fsp3) is 0.143. The predicted octanol–water partition coefficient (Wildman–Crippen LogP) is 2.73. The second kappa shape index (κ2) is 5.25. The molecule has 2 aromatic rings. The van der Waals surface area contributed by atoms with E-state index in [1.54, 1.807) is 0 Å². The molecule has 4 heteroatoms. The van der Waals surface area contributed by atoms with Gasteiger partial charge in [0.25, 0.3) is 0 Å². The van der Waals surface area contributed by atoms with Gasteiger partial charge in [-0.1, -0.05) is 24.3 Å². The van der Waals surface area contributed by atoms with Gasteiger partial charge in [-0.25, -0.2) is 8.78 Å². The maximum atomic E-state index is 12.7. The van der Waals surface area contributed by atoms with E-state index in [9.17, 15) is 19.0 Å². The minimum Gasteiger partial charge on any atom is -0.385 e. The fourth-order valence-corrected chi connectivity index (χ4v) is 1.68. The predicted molar refractivity (Wildman–Crippen MR) is 62.7 cm³/mol. The number of rotatable bonds is 3. The van der Waals surface area contributed by atoms with Crippen LogP contribution in [0.4, 0.5) is 8.78 Å². The average molecular weight is 250 g/mol. The van der Waals surface area contributed by atoms with Gasteiger partial charge in [0.05, 0.1) is 0 Å². The van der Waals surface area contributed by atoms with Crippen LogP contribution in [0.5, 0.6) is 0 Å². The first-order chi connectivity index (χ1) is 8.58. The Bertz CT molecular complexity index is 459. The normalized spacial score (nSPS) is 14.2. The van der Waals surface area contributed by atoms with Crippen molar-refractivity contribution in [2.24, 2.45) is 0 Å². The monoisotopic (exact) mass is 250 g/mol. The molecule has 0 heterocycles. The molecule has 0 unspecified atom stereocenters. The number of aliphatic hydroxyl groups excluding tert-OH is 2. The zero-order chi connectivity index (χ0) is 13.1. The second-order valence-corrected chi connectivity index (χ2v) is 3.99. The molecule has 0 aliphatic heterocycles. The SMILES string of the molecule is O[C@@H](c1ccc(F)cc1)[C@@H](O)c1ccc(F)cc1. The summed E-state index contributed by atoms with van der Waals surface area (Å²) in [7, 11) is 0. The van der Waals surface area contributed by atoms with Crippen molar-refractivity contribution in [3.8, 4) is 0 Å². The largest absolute Gasteiger partial charge is 0.385 e. The van der Waals surface area contributed by atoms with Crippen molar-refractivity contribution in [1.82, 2.24) is 0 Å². The quantitative estimate of drug-likeness (QED) is 0.879. The molecule has 2 N–H and O–H groups in total. The maximum absolute atomic E-state index is 12.7. The Morgan fingerprint density at radius 2 is 0.889 bits per heavy atom. The van der Waals surface area contributed by atoms with E-state index >= 15 is 0 Å². The van der Waals surface area contributed by atoms with Crippen molar-refractivity contribution in [1.29, 1.82) is 0 Å². The first kappa shape index (κ1) is 12.7. The van der Waals surface area contributed by atoms with Gasteiger partial charge in [0, 0.05) is 0 Å². The second-order valence-electron chi connectivity index (χ2n) is 3.99. The van der Waals surface area contributed by atoms with E-state index in [2.05, 4.69) is 0 Å². The maximum Gasteiger partial charge on any atom is 0.123 e. The van der Waals surface area contributed by atoms with E-state index in [-0.39, 0.29) is 0 Å². The summed E-state index contributed by atoms with van der Waals surface area (Å²) >= 11 is 0. The van der Waals surface area contributed by atoms with E-state index in [1.807, 2.05) is 0 Å². The van der Waals surface area contributed by atoms with Crippen LogP contribution in [0.1, 0.15) is 23.3 Å². The molecule has 0 aliphatic carbocycles. The van der Waals surface area contributed by atoms with Crippen molar-refractivity contribution in [2.45, 2.75) is 12.2 Å². The average Bonchev–Trinajstić information content (AvgIpc) is 2.39. The van der Waals surface area contributed by atoms with Crippen LogP contribution in [0.3, 0.4) is 0 Å². The number of hydrogen-bond donors (Lipinski definition) is 2. The molecule has 0 saturated carbocycles. The Balaban J connectivity index is 2.20. The lowest BCUT2D eigenvalue weighted by Gasteiger charge is -2.18. The molecule has 0 saturated heterocycles. The third kappa shape index (κ3) is 2.72. The molecule has 2 aromatic carbocycles. The van der Waals surface area contributed by atoms with E-state index in [1.165, 1.54) is 48.5 Å². The molecular weight excluding hydrogens is 238 g/mol. The molecule has 0 radical (unpaired) electrons. The molecule has 0 amide bonds. The lowest BCUT2D eigenvalue weighted by molar-refractivity contribution is 0.0172. The van der Waals surface area contributed by atoms with Crippen LogP contribution in [0.2, 0.25) is 0 Å². The third-order valence-corrected chi connectivity index (χ3v) is 2.72. The molecule has 0 spiro atoms. The highest BCUT2D eigenvalue weighted by atomic mass is 19.1. The van der Waals surface area contributed by atoms with Gasteiger partial charge in [-0.3, -0.25) is 0 Å². The fourth-order valence-electron chi connectivity index (χ4n) is 1.68. The van der Waals surface area contributed by atoms with Crippen molar-refractivity contribution >= 4 is 0 Å². The van der Waals surface area contributed by atoms with Crippen molar-refractivity contribution in [3.05, 3.63) is 71.3 Å². The number of hydrogen-bond acceptors (Lipinski definition) is 2. The van der Waals surface area contributed by atoms with Crippen LogP contribution in [0.15, 0.2) is 48.5 Å². The minimum atomic E-state index is -1.18. The van der Waals surface area contributed by atoms with Crippen LogP contribution in [0, 0.1) is 11.6 Å². The highest BCUT2D eigenvalue weighted by Crippen LogP contribution is 2.28. The van der Waals surface area contributed by atoms with E-state index < -0.39 is 23.8 Å². The van der Waals surface area contributed by atoms with Crippen LogP contribution >= 0.6 is 0 Å². The number of aliphatic hydroxyl groups is 2. The number of benzene rings is 2. The van der Waals surface area contributed by atoms with E-state index in [4.69, 9.17) is 0 Å². The molecule has 0 aromatic heterocycles. The third-order valence-electron chi connectivity index (χ3n) is 2.72. The van der Waals surface area contributed by atoms with E-state index in [0.29, 0.717) is 11.1 Å². The van der Waals surface area contributed by atoms with Crippen molar-refractivity contribution < 1.29 is 19.0 Å². The Hall–Kier alpha value is -1.78. The van der Waals surface area contributed by atoms with Gasteiger partial charge in [0.1, 0.15) is 23.8 Å². The van der Waals surface area contributed by atoms with Gasteiger partial charge in [-0.05, 0) is 35.4 Å². The zero-order valence-corrected chi connectivity index (χ0v) is 9.42. The summed E-state index contributed by atoms with van der Waals surface area (Å²) in [4.78, 5) is 0. The van der Waals surface area contributed by atoms with Gasteiger partial charge in [-0.2, -0.15) is 0 Å². The molecular formula is C14H12F2O2. The van der Waals surface area contributed by atoms with Crippen LogP contribution in [-0.2, 0) is 0 Å². The molecule has 2 atom stereocenters. The van der Waals surface area contributed by atoms with Crippen LogP contribution < -0.4 is 0 Å². The van der Waals surface area contributed by atoms with Crippen LogP contribution in [0.25, 0.3) is 0 Å². The standard InChI is InChI=1S/C14H12F2O2/c15-11-5-1-9(2-6-11)13(17)14(18)10-3-7-12(16)8-4-10/h1-8,13-14,17-18H/t13-,14-/m0/s1. The summed E-state index contributed by atoms with van der Waals surface area (Å²) in [6, 6.07) is 10.4. The lowest BCUT2D eigenvalue weighted by Crippen LogP contribution is -2.10. The molecule has 94 valence electrons. The summed E-state index contributed by atoms with van der Waals surface area (Å²) in [6.07, 6.45) is -2.37.